The quantitative estimate of drug-likeness (QED) is 0.275. The van der Waals surface area contributed by atoms with E-state index in [9.17, 15) is 0 Å². The van der Waals surface area contributed by atoms with Crippen molar-refractivity contribution in [1.29, 1.82) is 0 Å². The van der Waals surface area contributed by atoms with Gasteiger partial charge in [-0.1, -0.05) is 48.5 Å². The second-order valence-corrected chi connectivity index (χ2v) is 8.95. The Labute approximate surface area is 257 Å². The van der Waals surface area contributed by atoms with Gasteiger partial charge in [-0.25, -0.2) is 0 Å². The summed E-state index contributed by atoms with van der Waals surface area (Å²) in [6.07, 6.45) is 4.15. The molecule has 4 nitrogen and oxygen atoms in total. The van der Waals surface area contributed by atoms with Crippen molar-refractivity contribution in [2.75, 3.05) is 0 Å². The molecule has 0 amide bonds. The molecule has 0 fully saturated rings. The van der Waals surface area contributed by atoms with Gasteiger partial charge in [0.2, 0.25) is 0 Å². The zero-order valence-electron chi connectivity index (χ0n) is 20.7. The third-order valence-corrected chi connectivity index (χ3v) is 6.56. The SMILES string of the molecule is [Cl-].[Cl-].[Zr+4].c1ccc2[cH-]c(-n3cc4ccccc4n3)cc2c1.c1ccc2[cH-]c(-n3cc4ccccc4n3)cc2c1. The molecule has 0 aliphatic rings. The topological polar surface area (TPSA) is 35.6 Å². The van der Waals surface area contributed by atoms with Crippen LogP contribution >= 0.6 is 0 Å². The Morgan fingerprint density at radius 1 is 0.462 bits per heavy atom. The Morgan fingerprint density at radius 2 is 0.821 bits per heavy atom. The molecule has 2 aromatic heterocycles. The zero-order valence-corrected chi connectivity index (χ0v) is 24.7. The van der Waals surface area contributed by atoms with Gasteiger partial charge in [-0.15, -0.1) is 82.2 Å². The van der Waals surface area contributed by atoms with Crippen LogP contribution in [-0.2, 0) is 26.2 Å². The number of halogens is 2. The van der Waals surface area contributed by atoms with E-state index in [2.05, 4.69) is 108 Å². The van der Waals surface area contributed by atoms with E-state index < -0.39 is 0 Å². The first-order chi connectivity index (χ1) is 17.8. The van der Waals surface area contributed by atoms with Gasteiger partial charge in [-0.05, 0) is 23.5 Å². The standard InChI is InChI=1S/2C16H11N2.2ClH.Zr/c2*1-2-6-13-10-15(9-12(13)5-1)18-11-14-7-3-4-8-16(14)17-18;;;/h2*1-11H;2*1H;/q2*-1;;;+4/p-2. The molecule has 0 aliphatic heterocycles. The van der Waals surface area contributed by atoms with Crippen LogP contribution in [0.25, 0.3) is 54.7 Å². The molecular weight excluding hydrogens is 603 g/mol. The van der Waals surface area contributed by atoms with E-state index in [-0.39, 0.29) is 51.0 Å². The fraction of sp³-hybridized carbons (Fsp3) is 0. The van der Waals surface area contributed by atoms with Crippen LogP contribution in [0.4, 0.5) is 0 Å². The number of fused-ring (bicyclic) bond motifs is 4. The summed E-state index contributed by atoms with van der Waals surface area (Å²) >= 11 is 0. The first kappa shape index (κ1) is 28.5. The number of hydrogen-bond acceptors (Lipinski definition) is 2. The van der Waals surface area contributed by atoms with Crippen LogP contribution in [0, 0.1) is 0 Å². The predicted molar refractivity (Wildman–Crippen MR) is 148 cm³/mol. The Bertz CT molecular complexity index is 1560. The van der Waals surface area contributed by atoms with E-state index in [1.54, 1.807) is 0 Å². The largest absolute Gasteiger partial charge is 4.00 e. The molecule has 7 heteroatoms. The van der Waals surface area contributed by atoms with Crippen LogP contribution in [0.15, 0.2) is 134 Å². The fourth-order valence-corrected chi connectivity index (χ4v) is 4.73. The summed E-state index contributed by atoms with van der Waals surface area (Å²) in [6.45, 7) is 0. The van der Waals surface area contributed by atoms with Gasteiger partial charge in [-0.2, -0.15) is 10.2 Å². The van der Waals surface area contributed by atoms with Gasteiger partial charge in [0.05, 0.1) is 11.0 Å². The number of nitrogens with zero attached hydrogens (tertiary/aromatic N) is 4. The molecule has 0 spiro atoms. The van der Waals surface area contributed by atoms with Gasteiger partial charge in [0.15, 0.2) is 0 Å². The average molecular weight is 625 g/mol. The number of hydrogen-bond donors (Lipinski definition) is 0. The third kappa shape index (κ3) is 5.62. The van der Waals surface area contributed by atoms with E-state index in [0.717, 1.165) is 22.4 Å². The van der Waals surface area contributed by atoms with Gasteiger partial charge in [0.1, 0.15) is 0 Å². The van der Waals surface area contributed by atoms with Crippen LogP contribution in [0.3, 0.4) is 0 Å². The Kier molecular flexibility index (Phi) is 8.87. The summed E-state index contributed by atoms with van der Waals surface area (Å²) in [5.41, 5.74) is 4.30. The van der Waals surface area contributed by atoms with Gasteiger partial charge < -0.3 is 24.8 Å². The summed E-state index contributed by atoms with van der Waals surface area (Å²) in [6, 6.07) is 41.8. The molecule has 0 radical (unpaired) electrons. The first-order valence-corrected chi connectivity index (χ1v) is 12.0. The van der Waals surface area contributed by atoms with E-state index in [1.165, 1.54) is 32.3 Å². The summed E-state index contributed by atoms with van der Waals surface area (Å²) in [7, 11) is 0. The second-order valence-electron chi connectivity index (χ2n) is 8.95. The first-order valence-electron chi connectivity index (χ1n) is 12.0. The van der Waals surface area contributed by atoms with Gasteiger partial charge in [0, 0.05) is 23.2 Å². The molecule has 2 heterocycles. The second kappa shape index (κ2) is 12.1. The number of aromatic nitrogens is 4. The van der Waals surface area contributed by atoms with Gasteiger partial charge in [-0.3, -0.25) is 9.36 Å². The molecular formula is C32H22Cl2N4Zr. The number of benzene rings is 4. The molecule has 39 heavy (non-hydrogen) atoms. The predicted octanol–water partition coefficient (Wildman–Crippen LogP) is 1.80. The fourth-order valence-electron chi connectivity index (χ4n) is 4.73. The van der Waals surface area contributed by atoms with Crippen molar-refractivity contribution in [3.05, 3.63) is 134 Å². The third-order valence-electron chi connectivity index (χ3n) is 6.56. The molecule has 0 N–H and O–H groups in total. The van der Waals surface area contributed by atoms with Crippen molar-refractivity contribution < 1.29 is 51.0 Å². The van der Waals surface area contributed by atoms with E-state index in [1.807, 2.05) is 45.8 Å². The Morgan fingerprint density at radius 3 is 1.21 bits per heavy atom. The summed E-state index contributed by atoms with van der Waals surface area (Å²) < 4.78 is 3.90. The maximum atomic E-state index is 4.59. The van der Waals surface area contributed by atoms with Crippen molar-refractivity contribution in [2.45, 2.75) is 0 Å². The Balaban J connectivity index is 0.000000168. The summed E-state index contributed by atoms with van der Waals surface area (Å²) in [4.78, 5) is 0. The minimum atomic E-state index is 0. The van der Waals surface area contributed by atoms with Crippen molar-refractivity contribution in [3.8, 4) is 11.4 Å². The van der Waals surface area contributed by atoms with E-state index in [0.29, 0.717) is 0 Å². The van der Waals surface area contributed by atoms with Crippen LogP contribution < -0.4 is 24.8 Å². The molecule has 0 saturated carbocycles. The molecule has 0 atom stereocenters. The van der Waals surface area contributed by atoms with Crippen LogP contribution in [0.2, 0.25) is 0 Å². The zero-order chi connectivity index (χ0) is 23.9. The van der Waals surface area contributed by atoms with Crippen LogP contribution in [0.5, 0.6) is 0 Å². The molecule has 188 valence electrons. The normalized spacial score (nSPS) is 10.5. The number of rotatable bonds is 2. The molecule has 8 aromatic rings. The summed E-state index contributed by atoms with van der Waals surface area (Å²) in [5.74, 6) is 0. The molecule has 8 rings (SSSR count). The van der Waals surface area contributed by atoms with Crippen molar-refractivity contribution in [1.82, 2.24) is 19.6 Å². The van der Waals surface area contributed by atoms with Crippen molar-refractivity contribution in [3.63, 3.8) is 0 Å². The minimum absolute atomic E-state index is 0. The minimum Gasteiger partial charge on any atom is -1.00 e. The molecule has 6 aromatic carbocycles. The molecule has 0 saturated heterocycles. The monoisotopic (exact) mass is 622 g/mol. The molecule has 0 aliphatic carbocycles. The molecule has 0 bridgehead atoms. The van der Waals surface area contributed by atoms with Crippen LogP contribution in [-0.4, -0.2) is 19.6 Å². The van der Waals surface area contributed by atoms with Crippen molar-refractivity contribution >= 4 is 43.4 Å². The van der Waals surface area contributed by atoms with Crippen LogP contribution in [0.1, 0.15) is 0 Å². The molecule has 0 unspecified atom stereocenters. The maximum absolute atomic E-state index is 4.59. The Hall–Kier alpha value is -3.50. The van der Waals surface area contributed by atoms with Gasteiger partial charge in [0.25, 0.3) is 0 Å². The smallest absolute Gasteiger partial charge is 1.00 e. The van der Waals surface area contributed by atoms with E-state index in [4.69, 9.17) is 0 Å². The average Bonchev–Trinajstić information content (AvgIpc) is 3.70. The van der Waals surface area contributed by atoms with Gasteiger partial charge >= 0.3 is 26.2 Å². The maximum Gasteiger partial charge on any atom is 4.00 e. The van der Waals surface area contributed by atoms with Crippen molar-refractivity contribution in [2.24, 2.45) is 0 Å². The summed E-state index contributed by atoms with van der Waals surface area (Å²) in [5, 5.41) is 16.6. The van der Waals surface area contributed by atoms with E-state index >= 15 is 0 Å².